The van der Waals surface area contributed by atoms with Gasteiger partial charge in [0.15, 0.2) is 6.29 Å². The molecule has 1 amide bonds. The summed E-state index contributed by atoms with van der Waals surface area (Å²) in [6, 6.07) is 14.0. The lowest BCUT2D eigenvalue weighted by molar-refractivity contribution is -0.245. The van der Waals surface area contributed by atoms with Crippen molar-refractivity contribution in [1.29, 1.82) is 5.26 Å². The normalized spacial score (nSPS) is 23.6. The van der Waals surface area contributed by atoms with E-state index in [1.165, 1.54) is 11.8 Å². The molecule has 0 spiro atoms. The molecule has 2 aromatic carbocycles. The van der Waals surface area contributed by atoms with Crippen LogP contribution in [0.4, 0.5) is 5.69 Å². The molecule has 2 aliphatic heterocycles. The number of aliphatic hydroxyl groups is 2. The fourth-order valence-electron chi connectivity index (χ4n) is 4.85. The molecular formula is C28H32N6O6. The minimum Gasteiger partial charge on any atom is -0.390 e. The zero-order chi connectivity index (χ0) is 28.1. The van der Waals surface area contributed by atoms with Crippen LogP contribution in [0.1, 0.15) is 17.7 Å². The van der Waals surface area contributed by atoms with Gasteiger partial charge < -0.3 is 34.6 Å². The molecule has 210 valence electrons. The first-order valence-electron chi connectivity index (χ1n) is 13.1. The number of carbonyl (C=O) groups excluding carboxylic acids is 1. The zero-order valence-corrected chi connectivity index (χ0v) is 22.1. The molecule has 0 radical (unpaired) electrons. The maximum atomic E-state index is 12.7. The Hall–Kier alpha value is -3.86. The third kappa shape index (κ3) is 6.47. The van der Waals surface area contributed by atoms with E-state index < -0.39 is 30.5 Å². The van der Waals surface area contributed by atoms with Crippen molar-refractivity contribution in [2.45, 2.75) is 44.1 Å². The van der Waals surface area contributed by atoms with Crippen molar-refractivity contribution in [1.82, 2.24) is 20.3 Å². The standard InChI is InChI=1S/C28H32N6O6/c1-38-26-13-24(35)27(36)25(40-26)17-34-16-22(31-32-34)15-30-28(37)21(14-29)11-18-2-3-20-12-23(5-4-19(20)10-18)33-6-8-39-9-7-33/h2-5,10-12,16,24-27,35-36H,6-9,13,15,17H2,1H3,(H,30,37)/b21-11+/t24-,25-,26+,27+/m1/s1. The lowest BCUT2D eigenvalue weighted by atomic mass is 10.0. The molecular weight excluding hydrogens is 516 g/mol. The van der Waals surface area contributed by atoms with Gasteiger partial charge in [0.25, 0.3) is 5.91 Å². The third-order valence-electron chi connectivity index (χ3n) is 7.08. The topological polar surface area (TPSA) is 155 Å². The van der Waals surface area contributed by atoms with E-state index in [-0.39, 0.29) is 25.1 Å². The first-order valence-corrected chi connectivity index (χ1v) is 13.1. The Morgan fingerprint density at radius 1 is 1.23 bits per heavy atom. The maximum Gasteiger partial charge on any atom is 0.262 e. The summed E-state index contributed by atoms with van der Waals surface area (Å²) in [7, 11) is 1.47. The maximum absolute atomic E-state index is 12.7. The van der Waals surface area contributed by atoms with Crippen molar-refractivity contribution in [3.05, 3.63) is 59.4 Å². The summed E-state index contributed by atoms with van der Waals surface area (Å²) in [5.74, 6) is -0.531. The van der Waals surface area contributed by atoms with Gasteiger partial charge in [-0.15, -0.1) is 5.10 Å². The second kappa shape index (κ2) is 12.5. The molecule has 3 N–H and O–H groups in total. The highest BCUT2D eigenvalue weighted by Crippen LogP contribution is 2.25. The van der Waals surface area contributed by atoms with Crippen LogP contribution in [0.15, 0.2) is 48.2 Å². The van der Waals surface area contributed by atoms with E-state index in [9.17, 15) is 20.3 Å². The minimum absolute atomic E-state index is 0.0324. The SMILES string of the molecule is CO[C@@H]1C[C@@H](O)[C@H](O)[C@@H](Cn2cc(CNC(=O)/C(C#N)=C/c3ccc4cc(N5CCOCC5)ccc4c3)nn2)O1. The highest BCUT2D eigenvalue weighted by Gasteiger charge is 2.37. The molecule has 4 atom stereocenters. The predicted octanol–water partition coefficient (Wildman–Crippen LogP) is 0.974. The van der Waals surface area contributed by atoms with Gasteiger partial charge in [-0.2, -0.15) is 5.26 Å². The Bertz CT molecular complexity index is 1410. The highest BCUT2D eigenvalue weighted by molar-refractivity contribution is 6.02. The van der Waals surface area contributed by atoms with Crippen LogP contribution in [0.5, 0.6) is 0 Å². The Morgan fingerprint density at radius 3 is 2.77 bits per heavy atom. The lowest BCUT2D eigenvalue weighted by Gasteiger charge is -2.36. The van der Waals surface area contributed by atoms with Gasteiger partial charge in [-0.1, -0.05) is 23.4 Å². The molecule has 0 unspecified atom stereocenters. The molecule has 0 saturated carbocycles. The van der Waals surface area contributed by atoms with Crippen LogP contribution in [0.2, 0.25) is 0 Å². The number of nitrogens with zero attached hydrogens (tertiary/aromatic N) is 5. The van der Waals surface area contributed by atoms with E-state index in [0.29, 0.717) is 5.69 Å². The number of hydrogen-bond donors (Lipinski definition) is 3. The van der Waals surface area contributed by atoms with Crippen molar-refractivity contribution in [2.75, 3.05) is 38.3 Å². The monoisotopic (exact) mass is 548 g/mol. The number of morpholine rings is 1. The number of methoxy groups -OCH3 is 1. The van der Waals surface area contributed by atoms with Crippen LogP contribution in [0.25, 0.3) is 16.8 Å². The smallest absolute Gasteiger partial charge is 0.262 e. The Kier molecular flexibility index (Phi) is 8.69. The Labute approximate surface area is 231 Å². The molecule has 12 nitrogen and oxygen atoms in total. The number of carbonyl (C=O) groups is 1. The lowest BCUT2D eigenvalue weighted by Crippen LogP contribution is -2.50. The van der Waals surface area contributed by atoms with Crippen LogP contribution >= 0.6 is 0 Å². The number of hydrogen-bond acceptors (Lipinski definition) is 10. The summed E-state index contributed by atoms with van der Waals surface area (Å²) in [5.41, 5.74) is 2.32. The van der Waals surface area contributed by atoms with Crippen molar-refractivity contribution in [3.63, 3.8) is 0 Å². The number of anilines is 1. The van der Waals surface area contributed by atoms with Gasteiger partial charge in [0.05, 0.1) is 38.6 Å². The van der Waals surface area contributed by atoms with E-state index in [1.807, 2.05) is 30.3 Å². The number of aromatic nitrogens is 3. The third-order valence-corrected chi connectivity index (χ3v) is 7.08. The predicted molar refractivity (Wildman–Crippen MR) is 145 cm³/mol. The average molecular weight is 549 g/mol. The fourth-order valence-corrected chi connectivity index (χ4v) is 4.85. The zero-order valence-electron chi connectivity index (χ0n) is 22.1. The van der Waals surface area contributed by atoms with Gasteiger partial charge in [-0.05, 0) is 40.6 Å². The second-order valence-corrected chi connectivity index (χ2v) is 9.81. The summed E-state index contributed by atoms with van der Waals surface area (Å²) >= 11 is 0. The number of rotatable bonds is 8. The molecule has 2 fully saturated rings. The Balaban J connectivity index is 1.19. The van der Waals surface area contributed by atoms with Crippen molar-refractivity contribution in [2.24, 2.45) is 0 Å². The molecule has 0 bridgehead atoms. The van der Waals surface area contributed by atoms with Gasteiger partial charge in [0, 0.05) is 32.3 Å². The van der Waals surface area contributed by atoms with Crippen molar-refractivity contribution >= 4 is 28.4 Å². The summed E-state index contributed by atoms with van der Waals surface area (Å²) in [6.07, 6.45) is -0.103. The van der Waals surface area contributed by atoms with Crippen molar-refractivity contribution < 1.29 is 29.2 Å². The number of nitriles is 1. The van der Waals surface area contributed by atoms with Crippen LogP contribution in [-0.2, 0) is 32.1 Å². The largest absolute Gasteiger partial charge is 0.390 e. The van der Waals surface area contributed by atoms with E-state index >= 15 is 0 Å². The van der Waals surface area contributed by atoms with E-state index in [2.05, 4.69) is 32.7 Å². The van der Waals surface area contributed by atoms with E-state index in [1.54, 1.807) is 12.3 Å². The summed E-state index contributed by atoms with van der Waals surface area (Å²) < 4.78 is 17.7. The van der Waals surface area contributed by atoms with Gasteiger partial charge in [0.2, 0.25) is 0 Å². The summed E-state index contributed by atoms with van der Waals surface area (Å²) in [6.45, 7) is 3.36. The van der Waals surface area contributed by atoms with E-state index in [0.717, 1.165) is 48.3 Å². The van der Waals surface area contributed by atoms with Gasteiger partial charge >= 0.3 is 0 Å². The molecule has 40 heavy (non-hydrogen) atoms. The fraction of sp³-hybridized carbons (Fsp3) is 0.429. The average Bonchev–Trinajstić information content (AvgIpc) is 3.44. The number of amides is 1. The minimum atomic E-state index is -1.09. The van der Waals surface area contributed by atoms with Crippen LogP contribution < -0.4 is 10.2 Å². The second-order valence-electron chi connectivity index (χ2n) is 9.81. The van der Waals surface area contributed by atoms with Gasteiger partial charge in [-0.3, -0.25) is 4.79 Å². The van der Waals surface area contributed by atoms with Crippen LogP contribution in [0.3, 0.4) is 0 Å². The molecule has 0 aliphatic carbocycles. The number of nitrogens with one attached hydrogen (secondary N) is 1. The van der Waals surface area contributed by atoms with Gasteiger partial charge in [-0.25, -0.2) is 4.68 Å². The van der Waals surface area contributed by atoms with Crippen molar-refractivity contribution in [3.8, 4) is 6.07 Å². The number of aliphatic hydroxyl groups excluding tert-OH is 2. The van der Waals surface area contributed by atoms with E-state index in [4.69, 9.17) is 14.2 Å². The molecule has 1 aromatic heterocycles. The first-order chi connectivity index (χ1) is 19.4. The molecule has 2 aliphatic rings. The highest BCUT2D eigenvalue weighted by atomic mass is 16.7. The molecule has 3 heterocycles. The number of ether oxygens (including phenoxy) is 3. The molecule has 2 saturated heterocycles. The quantitative estimate of drug-likeness (QED) is 0.274. The number of fused-ring (bicyclic) bond motifs is 1. The van der Waals surface area contributed by atoms with Crippen LogP contribution in [-0.4, -0.2) is 89.1 Å². The van der Waals surface area contributed by atoms with Crippen LogP contribution in [0, 0.1) is 11.3 Å². The van der Waals surface area contributed by atoms with Gasteiger partial charge in [0.1, 0.15) is 29.5 Å². The molecule has 3 aromatic rings. The molecule has 5 rings (SSSR count). The Morgan fingerprint density at radius 2 is 2.00 bits per heavy atom. The summed E-state index contributed by atoms with van der Waals surface area (Å²) in [4.78, 5) is 15.0. The summed E-state index contributed by atoms with van der Waals surface area (Å²) in [5, 5.41) is 42.7. The number of benzene rings is 2. The first kappa shape index (κ1) is 27.7. The molecule has 12 heteroatoms.